The molecule has 1 heterocycles. The molecular weight excluding hydrogens is 258 g/mol. The number of benzene rings is 1. The van der Waals surface area contributed by atoms with Crippen LogP contribution in [-0.2, 0) is 19.4 Å². The van der Waals surface area contributed by atoms with Gasteiger partial charge in [-0.1, -0.05) is 6.07 Å². The maximum Gasteiger partial charge on any atom is 0.0649 e. The molecule has 0 saturated heterocycles. The van der Waals surface area contributed by atoms with Gasteiger partial charge in [-0.15, -0.1) is 0 Å². The summed E-state index contributed by atoms with van der Waals surface area (Å²) < 4.78 is 2.09. The van der Waals surface area contributed by atoms with Gasteiger partial charge in [0.25, 0.3) is 0 Å². The molecule has 0 bridgehead atoms. The SMILES string of the molecule is CCn1nc(C)c(C(C)Nc2ccc3c(c2)CCC3)c1C. The number of hydrogen-bond donors (Lipinski definition) is 1. The van der Waals surface area contributed by atoms with Crippen molar-refractivity contribution in [1.29, 1.82) is 0 Å². The first-order valence-corrected chi connectivity index (χ1v) is 8.02. The molecule has 3 rings (SSSR count). The largest absolute Gasteiger partial charge is 0.378 e. The highest BCUT2D eigenvalue weighted by Gasteiger charge is 2.18. The lowest BCUT2D eigenvalue weighted by atomic mass is 10.0. The molecule has 2 aromatic rings. The predicted octanol–water partition coefficient (Wildman–Crippen LogP) is 4.18. The van der Waals surface area contributed by atoms with E-state index in [1.165, 1.54) is 47.3 Å². The molecular formula is C18H25N3. The van der Waals surface area contributed by atoms with E-state index in [0.717, 1.165) is 12.2 Å². The van der Waals surface area contributed by atoms with E-state index >= 15 is 0 Å². The van der Waals surface area contributed by atoms with Gasteiger partial charge in [0.1, 0.15) is 0 Å². The molecule has 1 aromatic carbocycles. The summed E-state index contributed by atoms with van der Waals surface area (Å²) in [6, 6.07) is 7.11. The number of aromatic nitrogens is 2. The quantitative estimate of drug-likeness (QED) is 0.912. The van der Waals surface area contributed by atoms with Crippen LogP contribution in [0, 0.1) is 13.8 Å². The van der Waals surface area contributed by atoms with Crippen LogP contribution in [0.5, 0.6) is 0 Å². The van der Waals surface area contributed by atoms with Gasteiger partial charge in [-0.3, -0.25) is 4.68 Å². The van der Waals surface area contributed by atoms with Gasteiger partial charge >= 0.3 is 0 Å². The first kappa shape index (κ1) is 14.2. The fourth-order valence-corrected chi connectivity index (χ4v) is 3.63. The number of fused-ring (bicyclic) bond motifs is 1. The third-order valence-corrected chi connectivity index (χ3v) is 4.65. The van der Waals surface area contributed by atoms with Crippen LogP contribution >= 0.6 is 0 Å². The second-order valence-corrected chi connectivity index (χ2v) is 6.10. The van der Waals surface area contributed by atoms with Crippen molar-refractivity contribution in [3.63, 3.8) is 0 Å². The van der Waals surface area contributed by atoms with Crippen LogP contribution in [0.2, 0.25) is 0 Å². The van der Waals surface area contributed by atoms with Crippen molar-refractivity contribution in [1.82, 2.24) is 9.78 Å². The predicted molar refractivity (Wildman–Crippen MR) is 87.9 cm³/mol. The minimum atomic E-state index is 0.282. The summed E-state index contributed by atoms with van der Waals surface area (Å²) >= 11 is 0. The van der Waals surface area contributed by atoms with E-state index in [1.807, 2.05) is 0 Å². The number of nitrogens with zero attached hydrogens (tertiary/aromatic N) is 2. The molecule has 1 N–H and O–H groups in total. The molecule has 1 aliphatic carbocycles. The second kappa shape index (κ2) is 5.55. The van der Waals surface area contributed by atoms with E-state index in [4.69, 9.17) is 0 Å². The molecule has 21 heavy (non-hydrogen) atoms. The molecule has 1 unspecified atom stereocenters. The minimum Gasteiger partial charge on any atom is -0.378 e. The van der Waals surface area contributed by atoms with Gasteiger partial charge in [0.15, 0.2) is 0 Å². The normalized spacial score (nSPS) is 15.0. The van der Waals surface area contributed by atoms with E-state index < -0.39 is 0 Å². The lowest BCUT2D eigenvalue weighted by Gasteiger charge is -2.17. The number of nitrogens with one attached hydrogen (secondary N) is 1. The average Bonchev–Trinajstić information content (AvgIpc) is 3.02. The maximum atomic E-state index is 4.63. The number of anilines is 1. The summed E-state index contributed by atoms with van der Waals surface area (Å²) in [6.07, 6.45) is 3.77. The highest BCUT2D eigenvalue weighted by molar-refractivity contribution is 5.52. The minimum absolute atomic E-state index is 0.282. The van der Waals surface area contributed by atoms with Gasteiger partial charge in [-0.05, 0) is 70.2 Å². The number of hydrogen-bond acceptors (Lipinski definition) is 2. The third-order valence-electron chi connectivity index (χ3n) is 4.65. The number of aryl methyl sites for hydroxylation is 4. The highest BCUT2D eigenvalue weighted by atomic mass is 15.3. The Hall–Kier alpha value is -1.77. The lowest BCUT2D eigenvalue weighted by Crippen LogP contribution is -2.09. The van der Waals surface area contributed by atoms with Gasteiger partial charge < -0.3 is 5.32 Å². The molecule has 1 atom stereocenters. The van der Waals surface area contributed by atoms with Crippen molar-refractivity contribution in [3.05, 3.63) is 46.3 Å². The van der Waals surface area contributed by atoms with Crippen LogP contribution in [0.15, 0.2) is 18.2 Å². The number of rotatable bonds is 4. The third kappa shape index (κ3) is 2.57. The standard InChI is InChI=1S/C18H25N3/c1-5-21-14(4)18(13(3)20-21)12(2)19-17-10-9-15-7-6-8-16(15)11-17/h9-12,19H,5-8H2,1-4H3. The van der Waals surface area contributed by atoms with Crippen LogP contribution in [0.25, 0.3) is 0 Å². The molecule has 1 aliphatic rings. The van der Waals surface area contributed by atoms with Crippen LogP contribution in [0.1, 0.15) is 54.4 Å². The Morgan fingerprint density at radius 1 is 1.24 bits per heavy atom. The molecule has 1 aromatic heterocycles. The van der Waals surface area contributed by atoms with Gasteiger partial charge in [0.2, 0.25) is 0 Å². The first-order chi connectivity index (χ1) is 10.1. The fraction of sp³-hybridized carbons (Fsp3) is 0.500. The topological polar surface area (TPSA) is 29.9 Å². The van der Waals surface area contributed by atoms with E-state index in [0.29, 0.717) is 0 Å². The molecule has 0 aliphatic heterocycles. The van der Waals surface area contributed by atoms with E-state index in [1.54, 1.807) is 0 Å². The average molecular weight is 283 g/mol. The molecule has 3 heteroatoms. The summed E-state index contributed by atoms with van der Waals surface area (Å²) in [7, 11) is 0. The zero-order valence-electron chi connectivity index (χ0n) is 13.5. The van der Waals surface area contributed by atoms with Crippen molar-refractivity contribution in [2.75, 3.05) is 5.32 Å². The summed E-state index contributed by atoms with van der Waals surface area (Å²) in [5.74, 6) is 0. The molecule has 0 saturated carbocycles. The Balaban J connectivity index is 1.83. The van der Waals surface area contributed by atoms with Gasteiger partial charge in [-0.2, -0.15) is 5.10 Å². The van der Waals surface area contributed by atoms with Crippen LogP contribution < -0.4 is 5.32 Å². The van der Waals surface area contributed by atoms with Crippen molar-refractivity contribution < 1.29 is 0 Å². The van der Waals surface area contributed by atoms with Crippen LogP contribution in [0.4, 0.5) is 5.69 Å². The lowest BCUT2D eigenvalue weighted by molar-refractivity contribution is 0.632. The summed E-state index contributed by atoms with van der Waals surface area (Å²) in [6.45, 7) is 9.57. The Kier molecular flexibility index (Phi) is 3.75. The molecule has 3 nitrogen and oxygen atoms in total. The van der Waals surface area contributed by atoms with Crippen molar-refractivity contribution in [2.24, 2.45) is 0 Å². The molecule has 0 amide bonds. The zero-order valence-corrected chi connectivity index (χ0v) is 13.5. The Morgan fingerprint density at radius 2 is 2.00 bits per heavy atom. The maximum absolute atomic E-state index is 4.63. The van der Waals surface area contributed by atoms with Crippen molar-refractivity contribution in [2.45, 2.75) is 59.5 Å². The van der Waals surface area contributed by atoms with Crippen molar-refractivity contribution in [3.8, 4) is 0 Å². The zero-order chi connectivity index (χ0) is 15.0. The van der Waals surface area contributed by atoms with Crippen LogP contribution in [-0.4, -0.2) is 9.78 Å². The smallest absolute Gasteiger partial charge is 0.0649 e. The summed E-state index contributed by atoms with van der Waals surface area (Å²) in [4.78, 5) is 0. The summed E-state index contributed by atoms with van der Waals surface area (Å²) in [5.41, 5.74) is 8.01. The molecule has 0 radical (unpaired) electrons. The Bertz CT molecular complexity index is 655. The summed E-state index contributed by atoms with van der Waals surface area (Å²) in [5, 5.41) is 8.28. The van der Waals surface area contributed by atoms with Gasteiger partial charge in [-0.25, -0.2) is 0 Å². The first-order valence-electron chi connectivity index (χ1n) is 8.02. The molecule has 112 valence electrons. The van der Waals surface area contributed by atoms with Crippen LogP contribution in [0.3, 0.4) is 0 Å². The molecule has 0 spiro atoms. The second-order valence-electron chi connectivity index (χ2n) is 6.10. The van der Waals surface area contributed by atoms with Crippen molar-refractivity contribution >= 4 is 5.69 Å². The fourth-order valence-electron chi connectivity index (χ4n) is 3.63. The van der Waals surface area contributed by atoms with E-state index in [-0.39, 0.29) is 6.04 Å². The molecule has 0 fully saturated rings. The Morgan fingerprint density at radius 3 is 2.71 bits per heavy atom. The van der Waals surface area contributed by atoms with Gasteiger partial charge in [0, 0.05) is 23.5 Å². The highest BCUT2D eigenvalue weighted by Crippen LogP contribution is 2.29. The van der Waals surface area contributed by atoms with E-state index in [2.05, 4.69) is 61.0 Å². The Labute approximate surface area is 127 Å². The van der Waals surface area contributed by atoms with Gasteiger partial charge in [0.05, 0.1) is 11.7 Å². The van der Waals surface area contributed by atoms with E-state index in [9.17, 15) is 0 Å². The monoisotopic (exact) mass is 283 g/mol.